The van der Waals surface area contributed by atoms with Gasteiger partial charge in [-0.15, -0.1) is 0 Å². The van der Waals surface area contributed by atoms with Crippen molar-refractivity contribution in [1.29, 1.82) is 0 Å². The lowest BCUT2D eigenvalue weighted by Crippen LogP contribution is -2.31. The van der Waals surface area contributed by atoms with Crippen molar-refractivity contribution in [2.75, 3.05) is 13.7 Å². The molecule has 3 heterocycles. The van der Waals surface area contributed by atoms with Crippen LogP contribution in [0.25, 0.3) is 0 Å². The van der Waals surface area contributed by atoms with Crippen LogP contribution in [0.5, 0.6) is 0 Å². The number of rotatable bonds is 2. The maximum Gasteiger partial charge on any atom is 0.274 e. The summed E-state index contributed by atoms with van der Waals surface area (Å²) in [7, 11) is 1.64. The maximum atomic E-state index is 11.5. The number of carbonyl (C=O) groups excluding carboxylic acids is 1. The summed E-state index contributed by atoms with van der Waals surface area (Å²) in [5.41, 5.74) is 0.698. The summed E-state index contributed by atoms with van der Waals surface area (Å²) in [6, 6.07) is 0. The third-order valence-corrected chi connectivity index (χ3v) is 4.17. The van der Waals surface area contributed by atoms with E-state index in [1.54, 1.807) is 7.05 Å². The molecule has 1 aromatic rings. The fraction of sp³-hybridized carbons (Fsp3) is 0.733. The van der Waals surface area contributed by atoms with Crippen molar-refractivity contribution >= 4 is 11.6 Å². The van der Waals surface area contributed by atoms with E-state index in [0.29, 0.717) is 36.9 Å². The first-order valence-electron chi connectivity index (χ1n) is 7.66. The van der Waals surface area contributed by atoms with Crippen molar-refractivity contribution in [3.63, 3.8) is 0 Å². The summed E-state index contributed by atoms with van der Waals surface area (Å²) in [6.45, 7) is 7.18. The van der Waals surface area contributed by atoms with E-state index in [1.807, 2.05) is 0 Å². The smallest absolute Gasteiger partial charge is 0.274 e. The zero-order valence-corrected chi connectivity index (χ0v) is 13.5. The van der Waals surface area contributed by atoms with E-state index < -0.39 is 0 Å². The number of carbonyl (C=O) groups is 1. The average Bonchev–Trinajstić information content (AvgIpc) is 3.08. The quantitative estimate of drug-likeness (QED) is 0.834. The van der Waals surface area contributed by atoms with E-state index in [4.69, 9.17) is 9.26 Å². The first kappa shape index (κ1) is 15.1. The molecule has 0 spiro atoms. The van der Waals surface area contributed by atoms with Gasteiger partial charge in [0.25, 0.3) is 5.89 Å². The largest absolute Gasteiger partial charge is 0.377 e. The van der Waals surface area contributed by atoms with Gasteiger partial charge in [0.1, 0.15) is 5.71 Å². The molecule has 0 aromatic carbocycles. The normalized spacial score (nSPS) is 26.5. The van der Waals surface area contributed by atoms with Gasteiger partial charge in [-0.05, 0) is 11.8 Å². The van der Waals surface area contributed by atoms with E-state index in [-0.39, 0.29) is 23.3 Å². The minimum Gasteiger partial charge on any atom is -0.377 e. The van der Waals surface area contributed by atoms with Crippen LogP contribution in [-0.2, 0) is 9.53 Å². The molecule has 0 bridgehead atoms. The Morgan fingerprint density at radius 1 is 1.27 bits per heavy atom. The maximum absolute atomic E-state index is 11.5. The summed E-state index contributed by atoms with van der Waals surface area (Å²) < 4.78 is 11.2. The van der Waals surface area contributed by atoms with E-state index in [1.165, 1.54) is 5.01 Å². The van der Waals surface area contributed by atoms with Gasteiger partial charge in [-0.3, -0.25) is 4.79 Å². The second-order valence-electron chi connectivity index (χ2n) is 6.97. The Kier molecular flexibility index (Phi) is 3.76. The zero-order valence-electron chi connectivity index (χ0n) is 13.5. The molecular weight excluding hydrogens is 284 g/mol. The van der Waals surface area contributed by atoms with Gasteiger partial charge in [-0.25, -0.2) is 5.01 Å². The topological polar surface area (TPSA) is 80.8 Å². The molecule has 1 saturated heterocycles. The molecule has 2 aliphatic heterocycles. The Morgan fingerprint density at radius 2 is 2.05 bits per heavy atom. The monoisotopic (exact) mass is 306 g/mol. The fourth-order valence-corrected chi connectivity index (χ4v) is 3.03. The number of hydrogen-bond donors (Lipinski definition) is 0. The van der Waals surface area contributed by atoms with Crippen LogP contribution in [-0.4, -0.2) is 46.5 Å². The molecule has 0 N–H and O–H groups in total. The van der Waals surface area contributed by atoms with Crippen LogP contribution in [0, 0.1) is 5.41 Å². The third kappa shape index (κ3) is 2.77. The van der Waals surface area contributed by atoms with Gasteiger partial charge in [0.05, 0.1) is 12.0 Å². The summed E-state index contributed by atoms with van der Waals surface area (Å²) in [5.74, 6) is 1.23. The molecule has 2 aliphatic rings. The zero-order chi connectivity index (χ0) is 15.9. The second-order valence-corrected chi connectivity index (χ2v) is 6.97. The lowest BCUT2D eigenvalue weighted by Gasteiger charge is -2.29. The van der Waals surface area contributed by atoms with Gasteiger partial charge >= 0.3 is 0 Å². The molecule has 1 amide bonds. The van der Waals surface area contributed by atoms with Crippen LogP contribution in [0.1, 0.15) is 57.7 Å². The Hall–Kier alpha value is -1.76. The molecule has 7 heteroatoms. The number of hydrazone groups is 1. The van der Waals surface area contributed by atoms with Crippen molar-refractivity contribution in [3.05, 3.63) is 11.7 Å². The molecular formula is C15H22N4O3. The van der Waals surface area contributed by atoms with Crippen molar-refractivity contribution in [2.24, 2.45) is 10.5 Å². The van der Waals surface area contributed by atoms with Crippen LogP contribution < -0.4 is 0 Å². The molecule has 0 saturated carbocycles. The van der Waals surface area contributed by atoms with Crippen LogP contribution >= 0.6 is 0 Å². The standard InChI is InChI=1S/C15H22N4O3/c1-15(2,3)12-9(7-8-21-12)13-16-14(22-18-13)10-5-6-11(20)19(4)17-10/h9,12H,5-8H2,1-4H3/t9-,12-/m0/s1. The molecule has 120 valence electrons. The second kappa shape index (κ2) is 5.46. The minimum atomic E-state index is 0.000443. The van der Waals surface area contributed by atoms with Gasteiger partial charge in [-0.2, -0.15) is 10.1 Å². The predicted octanol–water partition coefficient (Wildman–Crippen LogP) is 1.94. The van der Waals surface area contributed by atoms with Crippen LogP contribution in [0.15, 0.2) is 9.62 Å². The number of aromatic nitrogens is 2. The van der Waals surface area contributed by atoms with Gasteiger partial charge in [0.15, 0.2) is 5.82 Å². The number of ether oxygens (including phenoxy) is 1. The van der Waals surface area contributed by atoms with Crippen molar-refractivity contribution in [3.8, 4) is 0 Å². The SMILES string of the molecule is CN1N=C(c2nc([C@H]3CCO[C@@H]3C(C)(C)C)no2)CCC1=O. The predicted molar refractivity (Wildman–Crippen MR) is 79.4 cm³/mol. The highest BCUT2D eigenvalue weighted by atomic mass is 16.5. The Balaban J connectivity index is 1.82. The lowest BCUT2D eigenvalue weighted by atomic mass is 9.81. The van der Waals surface area contributed by atoms with E-state index in [2.05, 4.69) is 36.0 Å². The van der Waals surface area contributed by atoms with Crippen LogP contribution in [0.4, 0.5) is 0 Å². The molecule has 7 nitrogen and oxygen atoms in total. The van der Waals surface area contributed by atoms with Crippen molar-refractivity contribution in [2.45, 2.75) is 52.1 Å². The van der Waals surface area contributed by atoms with Gasteiger partial charge in [0, 0.05) is 26.5 Å². The molecule has 1 fully saturated rings. The number of nitrogens with zero attached hydrogens (tertiary/aromatic N) is 4. The van der Waals surface area contributed by atoms with Gasteiger partial charge in [-0.1, -0.05) is 25.9 Å². The summed E-state index contributed by atoms with van der Waals surface area (Å²) in [5, 5.41) is 9.68. The minimum absolute atomic E-state index is 0.000443. The van der Waals surface area contributed by atoms with E-state index in [9.17, 15) is 4.79 Å². The summed E-state index contributed by atoms with van der Waals surface area (Å²) in [6.07, 6.45) is 1.93. The molecule has 0 aliphatic carbocycles. The van der Waals surface area contributed by atoms with E-state index in [0.717, 1.165) is 6.42 Å². The molecule has 3 rings (SSSR count). The Morgan fingerprint density at radius 3 is 2.73 bits per heavy atom. The van der Waals surface area contributed by atoms with Crippen LogP contribution in [0.3, 0.4) is 0 Å². The third-order valence-electron chi connectivity index (χ3n) is 4.17. The van der Waals surface area contributed by atoms with Crippen molar-refractivity contribution < 1.29 is 14.1 Å². The van der Waals surface area contributed by atoms with E-state index >= 15 is 0 Å². The molecule has 0 radical (unpaired) electrons. The Bertz CT molecular complexity index is 602. The number of hydrogen-bond acceptors (Lipinski definition) is 6. The fourth-order valence-electron chi connectivity index (χ4n) is 3.03. The van der Waals surface area contributed by atoms with Gasteiger partial charge < -0.3 is 9.26 Å². The number of amides is 1. The molecule has 0 unspecified atom stereocenters. The summed E-state index contributed by atoms with van der Waals surface area (Å²) in [4.78, 5) is 16.0. The van der Waals surface area contributed by atoms with Crippen LogP contribution in [0.2, 0.25) is 0 Å². The molecule has 1 aromatic heterocycles. The molecule has 2 atom stereocenters. The highest BCUT2D eigenvalue weighted by Gasteiger charge is 2.40. The summed E-state index contributed by atoms with van der Waals surface area (Å²) >= 11 is 0. The molecule has 22 heavy (non-hydrogen) atoms. The lowest BCUT2D eigenvalue weighted by molar-refractivity contribution is -0.130. The first-order chi connectivity index (χ1) is 10.4. The Labute approximate surface area is 129 Å². The highest BCUT2D eigenvalue weighted by Crippen LogP contribution is 2.39. The van der Waals surface area contributed by atoms with Crippen molar-refractivity contribution in [1.82, 2.24) is 15.1 Å². The average molecular weight is 306 g/mol. The van der Waals surface area contributed by atoms with Gasteiger partial charge in [0.2, 0.25) is 5.91 Å². The first-order valence-corrected chi connectivity index (χ1v) is 7.66. The highest BCUT2D eigenvalue weighted by molar-refractivity contribution is 6.00.